The molecule has 1 aliphatic rings. The molecule has 0 N–H and O–H groups in total. The SMILES string of the molecule is Cc1cc(-c2c3nccnc3c(-c3cc(C)c(C)s3)c3c2nc2n3C(=O)c3ccccc3-2)sc1C. The summed E-state index contributed by atoms with van der Waals surface area (Å²) < 4.78 is 1.80. The van der Waals surface area contributed by atoms with Crippen LogP contribution in [0.25, 0.3) is 54.3 Å². The molecule has 0 unspecified atom stereocenters. The van der Waals surface area contributed by atoms with Crippen LogP contribution < -0.4 is 0 Å². The first-order valence-electron chi connectivity index (χ1n) is 11.4. The average molecular weight is 493 g/mol. The predicted molar refractivity (Wildman–Crippen MR) is 144 cm³/mol. The zero-order valence-corrected chi connectivity index (χ0v) is 21.3. The minimum atomic E-state index is -0.0444. The Morgan fingerprint density at radius 3 is 1.91 bits per heavy atom. The number of rotatable bonds is 2. The van der Waals surface area contributed by atoms with Gasteiger partial charge in [0.05, 0.1) is 11.1 Å². The Kier molecular flexibility index (Phi) is 4.23. The fourth-order valence-corrected chi connectivity index (χ4v) is 7.14. The number of hydrogen-bond acceptors (Lipinski definition) is 6. The van der Waals surface area contributed by atoms with Gasteiger partial charge in [-0.2, -0.15) is 0 Å². The van der Waals surface area contributed by atoms with Crippen molar-refractivity contribution >= 4 is 50.6 Å². The second kappa shape index (κ2) is 7.16. The van der Waals surface area contributed by atoms with Crippen LogP contribution in [0.5, 0.6) is 0 Å². The molecule has 170 valence electrons. The lowest BCUT2D eigenvalue weighted by Crippen LogP contribution is -2.07. The van der Waals surface area contributed by atoms with Crippen molar-refractivity contribution in [1.82, 2.24) is 19.5 Å². The summed E-state index contributed by atoms with van der Waals surface area (Å²) >= 11 is 3.45. The first-order chi connectivity index (χ1) is 16.9. The highest BCUT2D eigenvalue weighted by atomic mass is 32.1. The summed E-state index contributed by atoms with van der Waals surface area (Å²) in [6.07, 6.45) is 3.47. The second-order valence-corrected chi connectivity index (χ2v) is 11.5. The standard InChI is InChI=1S/C28H20N4OS2/c1-13-11-19(34-15(13)3)21-23-24(30-10-9-29-23)22(20-12-14(2)16(4)35-20)26-25(21)31-27-17-7-5-6-8-18(17)28(33)32(26)27/h5-12H,1-4H3. The van der Waals surface area contributed by atoms with E-state index < -0.39 is 0 Å². The van der Waals surface area contributed by atoms with E-state index in [-0.39, 0.29) is 5.91 Å². The second-order valence-electron chi connectivity index (χ2n) is 9.02. The molecule has 7 rings (SSSR count). The van der Waals surface area contributed by atoms with Gasteiger partial charge in [0.25, 0.3) is 5.91 Å². The number of carbonyl (C=O) groups is 1. The fraction of sp³-hybridized carbons (Fsp3) is 0.143. The minimum absolute atomic E-state index is 0.0444. The Bertz CT molecular complexity index is 1830. The lowest BCUT2D eigenvalue weighted by molar-refractivity contribution is 0.0973. The van der Waals surface area contributed by atoms with Crippen molar-refractivity contribution in [3.63, 3.8) is 0 Å². The lowest BCUT2D eigenvalue weighted by atomic mass is 10.0. The van der Waals surface area contributed by atoms with Crippen LogP contribution in [0, 0.1) is 27.7 Å². The molecule has 0 radical (unpaired) electrons. The maximum absolute atomic E-state index is 13.8. The van der Waals surface area contributed by atoms with Gasteiger partial charge in [0, 0.05) is 48.6 Å². The molecule has 0 aliphatic carbocycles. The molecular weight excluding hydrogens is 472 g/mol. The molecule has 0 atom stereocenters. The summed E-state index contributed by atoms with van der Waals surface area (Å²) in [5, 5.41) is 0. The Balaban J connectivity index is 1.73. The molecule has 5 heterocycles. The van der Waals surface area contributed by atoms with Crippen molar-refractivity contribution in [3.05, 3.63) is 75.2 Å². The van der Waals surface area contributed by atoms with Gasteiger partial charge in [-0.3, -0.25) is 19.3 Å². The zero-order chi connectivity index (χ0) is 24.0. The molecule has 0 saturated heterocycles. The number of thiophene rings is 2. The number of benzene rings is 2. The van der Waals surface area contributed by atoms with E-state index in [9.17, 15) is 4.79 Å². The van der Waals surface area contributed by atoms with Crippen molar-refractivity contribution in [2.24, 2.45) is 0 Å². The molecule has 0 amide bonds. The van der Waals surface area contributed by atoms with Crippen LogP contribution in [0.2, 0.25) is 0 Å². The predicted octanol–water partition coefficient (Wildman–Crippen LogP) is 7.34. The number of hydrogen-bond donors (Lipinski definition) is 0. The van der Waals surface area contributed by atoms with E-state index in [1.165, 1.54) is 20.9 Å². The average Bonchev–Trinajstić information content (AvgIpc) is 3.57. The highest BCUT2D eigenvalue weighted by Gasteiger charge is 2.34. The van der Waals surface area contributed by atoms with E-state index in [0.29, 0.717) is 11.4 Å². The van der Waals surface area contributed by atoms with Gasteiger partial charge in [-0.15, -0.1) is 22.7 Å². The topological polar surface area (TPSA) is 60.7 Å². The van der Waals surface area contributed by atoms with Crippen molar-refractivity contribution < 1.29 is 4.79 Å². The summed E-state index contributed by atoms with van der Waals surface area (Å²) in [6.45, 7) is 8.50. The van der Waals surface area contributed by atoms with E-state index >= 15 is 0 Å². The van der Waals surface area contributed by atoms with Gasteiger partial charge in [-0.05, 0) is 57.0 Å². The van der Waals surface area contributed by atoms with E-state index in [1.807, 2.05) is 24.3 Å². The van der Waals surface area contributed by atoms with E-state index in [2.05, 4.69) is 39.8 Å². The Hall–Kier alpha value is -3.68. The van der Waals surface area contributed by atoms with E-state index in [1.54, 1.807) is 39.6 Å². The van der Waals surface area contributed by atoms with Crippen LogP contribution in [0.4, 0.5) is 0 Å². The summed E-state index contributed by atoms with van der Waals surface area (Å²) in [5.41, 5.74) is 9.12. The number of aryl methyl sites for hydroxylation is 4. The van der Waals surface area contributed by atoms with Crippen LogP contribution in [-0.4, -0.2) is 25.4 Å². The van der Waals surface area contributed by atoms with Crippen molar-refractivity contribution in [3.8, 4) is 32.3 Å². The minimum Gasteiger partial charge on any atom is -0.268 e. The van der Waals surface area contributed by atoms with Crippen LogP contribution in [0.1, 0.15) is 31.2 Å². The van der Waals surface area contributed by atoms with Gasteiger partial charge in [-0.1, -0.05) is 18.2 Å². The molecule has 2 aromatic carbocycles. The normalized spacial score (nSPS) is 12.6. The number of aromatic nitrogens is 4. The lowest BCUT2D eigenvalue weighted by Gasteiger charge is -2.12. The quantitative estimate of drug-likeness (QED) is 0.253. The Morgan fingerprint density at radius 1 is 0.743 bits per heavy atom. The molecule has 0 bridgehead atoms. The molecule has 7 heteroatoms. The molecule has 0 spiro atoms. The molecule has 1 aliphatic heterocycles. The number of imidazole rings is 1. The smallest absolute Gasteiger partial charge is 0.264 e. The van der Waals surface area contributed by atoms with Crippen LogP contribution >= 0.6 is 22.7 Å². The largest absolute Gasteiger partial charge is 0.268 e. The van der Waals surface area contributed by atoms with Gasteiger partial charge < -0.3 is 0 Å². The highest BCUT2D eigenvalue weighted by Crippen LogP contribution is 2.48. The maximum Gasteiger partial charge on any atom is 0.264 e. The van der Waals surface area contributed by atoms with Crippen molar-refractivity contribution in [2.45, 2.75) is 27.7 Å². The molecule has 5 nitrogen and oxygen atoms in total. The van der Waals surface area contributed by atoms with Crippen LogP contribution in [0.3, 0.4) is 0 Å². The Labute approximate surface area is 209 Å². The number of nitrogens with zero attached hydrogens (tertiary/aromatic N) is 4. The van der Waals surface area contributed by atoms with Crippen LogP contribution in [0.15, 0.2) is 48.8 Å². The maximum atomic E-state index is 13.8. The van der Waals surface area contributed by atoms with Crippen LogP contribution in [-0.2, 0) is 0 Å². The van der Waals surface area contributed by atoms with Gasteiger partial charge in [0.1, 0.15) is 22.4 Å². The van der Waals surface area contributed by atoms with Crippen molar-refractivity contribution in [1.29, 1.82) is 0 Å². The first-order valence-corrected chi connectivity index (χ1v) is 13.1. The van der Waals surface area contributed by atoms with Crippen molar-refractivity contribution in [2.75, 3.05) is 0 Å². The molecule has 35 heavy (non-hydrogen) atoms. The molecule has 6 aromatic rings. The van der Waals surface area contributed by atoms with Gasteiger partial charge in [-0.25, -0.2) is 4.98 Å². The summed E-state index contributed by atoms with van der Waals surface area (Å²) in [4.78, 5) is 33.2. The van der Waals surface area contributed by atoms with Gasteiger partial charge in [0.15, 0.2) is 0 Å². The monoisotopic (exact) mass is 492 g/mol. The Morgan fingerprint density at radius 2 is 1.31 bits per heavy atom. The zero-order valence-electron chi connectivity index (χ0n) is 19.6. The third-order valence-electron chi connectivity index (χ3n) is 6.95. The third-order valence-corrected chi connectivity index (χ3v) is 9.29. The number of carbonyl (C=O) groups excluding carboxylic acids is 1. The molecule has 0 saturated carbocycles. The van der Waals surface area contributed by atoms with E-state index in [4.69, 9.17) is 15.0 Å². The fourth-order valence-electron chi connectivity index (χ4n) is 4.98. The summed E-state index contributed by atoms with van der Waals surface area (Å²) in [7, 11) is 0. The third kappa shape index (κ3) is 2.73. The summed E-state index contributed by atoms with van der Waals surface area (Å²) in [6, 6.07) is 12.1. The molecule has 4 aromatic heterocycles. The molecule has 0 fully saturated rings. The molecular formula is C28H20N4OS2. The number of fused-ring (bicyclic) bond motifs is 6. The first kappa shape index (κ1) is 20.7. The highest BCUT2D eigenvalue weighted by molar-refractivity contribution is 7.16. The van der Waals surface area contributed by atoms with E-state index in [0.717, 1.165) is 48.5 Å². The summed E-state index contributed by atoms with van der Waals surface area (Å²) in [5.74, 6) is 0.644. The van der Waals surface area contributed by atoms with Gasteiger partial charge >= 0.3 is 0 Å². The van der Waals surface area contributed by atoms with Gasteiger partial charge in [0.2, 0.25) is 0 Å².